The molecule has 0 aliphatic heterocycles. The highest BCUT2D eigenvalue weighted by Gasteiger charge is 1.96. The Labute approximate surface area is 62.5 Å². The SMILES string of the molecule is O=[C]c1ccn2ccnc2n1. The van der Waals surface area contributed by atoms with Gasteiger partial charge in [-0.25, -0.2) is 9.97 Å². The summed E-state index contributed by atoms with van der Waals surface area (Å²) in [6, 6.07) is 1.58. The van der Waals surface area contributed by atoms with Crippen molar-refractivity contribution in [3.05, 3.63) is 30.4 Å². The predicted octanol–water partition coefficient (Wildman–Crippen LogP) is 0.187. The fourth-order valence-corrected chi connectivity index (χ4v) is 0.861. The third-order valence-corrected chi connectivity index (χ3v) is 1.37. The van der Waals surface area contributed by atoms with E-state index in [0.29, 0.717) is 5.78 Å². The van der Waals surface area contributed by atoms with Crippen molar-refractivity contribution in [3.63, 3.8) is 0 Å². The lowest BCUT2D eigenvalue weighted by atomic mass is 10.4. The number of carbonyl (C=O) groups excluding carboxylic acids is 1. The van der Waals surface area contributed by atoms with E-state index in [0.717, 1.165) is 0 Å². The standard InChI is InChI=1S/C7H4N3O/c11-5-6-1-3-10-4-2-8-7(10)9-6/h1-4H. The van der Waals surface area contributed by atoms with Gasteiger partial charge in [0.15, 0.2) is 0 Å². The maximum absolute atomic E-state index is 10.1. The van der Waals surface area contributed by atoms with Crippen molar-refractivity contribution >= 4 is 12.1 Å². The second-order valence-corrected chi connectivity index (χ2v) is 2.05. The van der Waals surface area contributed by atoms with Crippen molar-refractivity contribution in [2.45, 2.75) is 0 Å². The van der Waals surface area contributed by atoms with Crippen LogP contribution in [0.4, 0.5) is 0 Å². The summed E-state index contributed by atoms with van der Waals surface area (Å²) in [5, 5.41) is 0. The molecule has 0 aliphatic carbocycles. The highest BCUT2D eigenvalue weighted by atomic mass is 16.1. The topological polar surface area (TPSA) is 47.3 Å². The summed E-state index contributed by atoms with van der Waals surface area (Å²) in [7, 11) is 0. The number of imidazole rings is 1. The molecule has 2 heterocycles. The van der Waals surface area contributed by atoms with Crippen molar-refractivity contribution in [3.8, 4) is 0 Å². The summed E-state index contributed by atoms with van der Waals surface area (Å²) in [6.07, 6.45) is 6.80. The van der Waals surface area contributed by atoms with Crippen LogP contribution in [0, 0.1) is 0 Å². The molecule has 0 saturated carbocycles. The molecular weight excluding hydrogens is 142 g/mol. The Morgan fingerprint density at radius 1 is 1.45 bits per heavy atom. The van der Waals surface area contributed by atoms with Gasteiger partial charge in [0.1, 0.15) is 5.69 Å². The van der Waals surface area contributed by atoms with Gasteiger partial charge in [-0.3, -0.25) is 9.20 Å². The van der Waals surface area contributed by atoms with Crippen LogP contribution in [0.3, 0.4) is 0 Å². The second-order valence-electron chi connectivity index (χ2n) is 2.05. The number of aromatic nitrogens is 3. The maximum Gasteiger partial charge on any atom is 0.253 e. The molecule has 4 nitrogen and oxygen atoms in total. The first kappa shape index (κ1) is 6.03. The quantitative estimate of drug-likeness (QED) is 0.576. The molecule has 0 saturated heterocycles. The van der Waals surface area contributed by atoms with Crippen LogP contribution >= 0.6 is 0 Å². The Kier molecular flexibility index (Phi) is 1.18. The Bertz CT molecular complexity index is 393. The fourth-order valence-electron chi connectivity index (χ4n) is 0.861. The van der Waals surface area contributed by atoms with Crippen LogP contribution in [0.5, 0.6) is 0 Å². The monoisotopic (exact) mass is 146 g/mol. The van der Waals surface area contributed by atoms with E-state index in [1.807, 2.05) is 0 Å². The predicted molar refractivity (Wildman–Crippen MR) is 37.8 cm³/mol. The molecule has 2 aromatic heterocycles. The molecule has 11 heavy (non-hydrogen) atoms. The van der Waals surface area contributed by atoms with Gasteiger partial charge in [0.25, 0.3) is 6.29 Å². The van der Waals surface area contributed by atoms with Gasteiger partial charge in [-0.2, -0.15) is 0 Å². The van der Waals surface area contributed by atoms with Gasteiger partial charge < -0.3 is 0 Å². The van der Waals surface area contributed by atoms with Gasteiger partial charge in [-0.05, 0) is 6.07 Å². The van der Waals surface area contributed by atoms with E-state index >= 15 is 0 Å². The number of hydrogen-bond acceptors (Lipinski definition) is 3. The third-order valence-electron chi connectivity index (χ3n) is 1.37. The zero-order valence-corrected chi connectivity index (χ0v) is 5.56. The molecule has 0 spiro atoms. The summed E-state index contributed by atoms with van der Waals surface area (Å²) in [5.74, 6) is 0.519. The maximum atomic E-state index is 10.1. The van der Waals surface area contributed by atoms with Crippen LogP contribution in [0.25, 0.3) is 5.78 Å². The Morgan fingerprint density at radius 3 is 3.18 bits per heavy atom. The van der Waals surface area contributed by atoms with Crippen LogP contribution in [0.1, 0.15) is 5.69 Å². The Balaban J connectivity index is 2.76. The highest BCUT2D eigenvalue weighted by Crippen LogP contribution is 1.96. The summed E-state index contributed by atoms with van der Waals surface area (Å²) in [5.41, 5.74) is 0.281. The minimum Gasteiger partial charge on any atom is -0.291 e. The largest absolute Gasteiger partial charge is 0.291 e. The minimum atomic E-state index is 0.281. The van der Waals surface area contributed by atoms with E-state index in [4.69, 9.17) is 0 Å². The second kappa shape index (κ2) is 2.16. The lowest BCUT2D eigenvalue weighted by molar-refractivity contribution is 0.561. The van der Waals surface area contributed by atoms with E-state index < -0.39 is 0 Å². The molecule has 2 aromatic rings. The van der Waals surface area contributed by atoms with E-state index in [9.17, 15) is 4.79 Å². The first-order chi connectivity index (χ1) is 5.40. The number of rotatable bonds is 1. The Hall–Kier alpha value is -1.71. The summed E-state index contributed by atoms with van der Waals surface area (Å²) >= 11 is 0. The molecule has 0 unspecified atom stereocenters. The molecule has 1 radical (unpaired) electrons. The van der Waals surface area contributed by atoms with E-state index in [2.05, 4.69) is 9.97 Å². The molecule has 0 atom stereocenters. The van der Waals surface area contributed by atoms with Gasteiger partial charge in [0.05, 0.1) is 0 Å². The molecule has 0 aliphatic rings. The van der Waals surface area contributed by atoms with Gasteiger partial charge in [0.2, 0.25) is 5.78 Å². The summed E-state index contributed by atoms with van der Waals surface area (Å²) < 4.78 is 1.72. The van der Waals surface area contributed by atoms with Crippen LogP contribution in [0.2, 0.25) is 0 Å². The number of fused-ring (bicyclic) bond motifs is 1. The first-order valence-corrected chi connectivity index (χ1v) is 3.08. The van der Waals surface area contributed by atoms with Crippen LogP contribution < -0.4 is 0 Å². The average Bonchev–Trinajstić information content (AvgIpc) is 2.50. The van der Waals surface area contributed by atoms with E-state index in [1.165, 1.54) is 0 Å². The van der Waals surface area contributed by atoms with Crippen molar-refractivity contribution in [2.75, 3.05) is 0 Å². The lowest BCUT2D eigenvalue weighted by Gasteiger charge is -1.90. The normalized spacial score (nSPS) is 10.2. The van der Waals surface area contributed by atoms with Crippen LogP contribution in [-0.2, 0) is 4.79 Å². The molecule has 0 fully saturated rings. The molecule has 53 valence electrons. The molecule has 0 aromatic carbocycles. The number of nitrogens with zero attached hydrogens (tertiary/aromatic N) is 3. The Morgan fingerprint density at radius 2 is 2.36 bits per heavy atom. The summed E-state index contributed by atoms with van der Waals surface area (Å²) in [4.78, 5) is 17.9. The highest BCUT2D eigenvalue weighted by molar-refractivity contribution is 5.72. The fraction of sp³-hybridized carbons (Fsp3) is 0. The molecule has 2 rings (SSSR count). The average molecular weight is 146 g/mol. The van der Waals surface area contributed by atoms with Gasteiger partial charge in [-0.1, -0.05) is 0 Å². The smallest absolute Gasteiger partial charge is 0.253 e. The third kappa shape index (κ3) is 0.881. The van der Waals surface area contributed by atoms with Crippen molar-refractivity contribution in [2.24, 2.45) is 0 Å². The van der Waals surface area contributed by atoms with Crippen LogP contribution in [-0.4, -0.2) is 20.7 Å². The number of hydrogen-bond donors (Lipinski definition) is 0. The molecule has 0 N–H and O–H groups in total. The van der Waals surface area contributed by atoms with Gasteiger partial charge >= 0.3 is 0 Å². The molecule has 0 bridgehead atoms. The zero-order chi connectivity index (χ0) is 7.68. The van der Waals surface area contributed by atoms with Crippen LogP contribution in [0.15, 0.2) is 24.7 Å². The van der Waals surface area contributed by atoms with Crippen molar-refractivity contribution in [1.82, 2.24) is 14.4 Å². The summed E-state index contributed by atoms with van der Waals surface area (Å²) in [6.45, 7) is 0. The van der Waals surface area contributed by atoms with Crippen molar-refractivity contribution in [1.29, 1.82) is 0 Å². The zero-order valence-electron chi connectivity index (χ0n) is 5.56. The van der Waals surface area contributed by atoms with E-state index in [1.54, 1.807) is 35.3 Å². The van der Waals surface area contributed by atoms with E-state index in [-0.39, 0.29) is 5.69 Å². The molecule has 4 heteroatoms. The van der Waals surface area contributed by atoms with Gasteiger partial charge in [0, 0.05) is 18.6 Å². The molecular formula is C7H4N3O. The lowest BCUT2D eigenvalue weighted by Crippen LogP contribution is -1.92. The molecule has 0 amide bonds. The van der Waals surface area contributed by atoms with Crippen molar-refractivity contribution < 1.29 is 4.79 Å². The first-order valence-electron chi connectivity index (χ1n) is 3.08. The minimum absolute atomic E-state index is 0.281. The van der Waals surface area contributed by atoms with Gasteiger partial charge in [-0.15, -0.1) is 0 Å².